The van der Waals surface area contributed by atoms with Crippen molar-refractivity contribution in [3.8, 4) is 0 Å². The van der Waals surface area contributed by atoms with Gasteiger partial charge in [0.25, 0.3) is 5.91 Å². The monoisotopic (exact) mass is 537 g/mol. The number of nitrogens with one attached hydrogen (secondary N) is 2. The second kappa shape index (κ2) is 11.7. The van der Waals surface area contributed by atoms with Crippen LogP contribution >= 0.6 is 0 Å². The standard InChI is InChI=1S/C28H35N5O6/c1-19-5-7-21(8-6-19)30-26(36)33-14-13-31(27(37)39-28(2,3)4)17-23(33)25(35)29-20-9-11-22(12-10-20)32-15-16-38-18-24(32)34/h5-12,23H,13-18H2,1-4H3,(H,29,35)(H,30,36). The van der Waals surface area contributed by atoms with E-state index in [4.69, 9.17) is 9.47 Å². The summed E-state index contributed by atoms with van der Waals surface area (Å²) in [6, 6.07) is 12.8. The Bertz CT molecular complexity index is 1210. The first-order valence-electron chi connectivity index (χ1n) is 12.9. The zero-order valence-corrected chi connectivity index (χ0v) is 22.7. The van der Waals surface area contributed by atoms with Crippen molar-refractivity contribution in [1.82, 2.24) is 9.80 Å². The predicted molar refractivity (Wildman–Crippen MR) is 147 cm³/mol. The van der Waals surface area contributed by atoms with Gasteiger partial charge in [0.2, 0.25) is 5.91 Å². The van der Waals surface area contributed by atoms with Crippen LogP contribution in [0, 0.1) is 6.92 Å². The molecule has 11 nitrogen and oxygen atoms in total. The fourth-order valence-electron chi connectivity index (χ4n) is 4.32. The topological polar surface area (TPSA) is 121 Å². The van der Waals surface area contributed by atoms with E-state index in [9.17, 15) is 19.2 Å². The van der Waals surface area contributed by atoms with Crippen LogP contribution in [-0.2, 0) is 19.1 Å². The molecule has 2 aliphatic rings. The van der Waals surface area contributed by atoms with Crippen molar-refractivity contribution in [2.75, 3.05) is 54.9 Å². The Hall–Kier alpha value is -4.12. The Labute approximate surface area is 228 Å². The van der Waals surface area contributed by atoms with E-state index in [1.165, 1.54) is 9.80 Å². The predicted octanol–water partition coefficient (Wildman–Crippen LogP) is 3.45. The van der Waals surface area contributed by atoms with Crippen molar-refractivity contribution in [3.63, 3.8) is 0 Å². The van der Waals surface area contributed by atoms with Gasteiger partial charge in [-0.1, -0.05) is 17.7 Å². The Morgan fingerprint density at radius 2 is 1.56 bits per heavy atom. The van der Waals surface area contributed by atoms with E-state index in [2.05, 4.69) is 10.6 Å². The molecule has 39 heavy (non-hydrogen) atoms. The molecule has 5 amide bonds. The third-order valence-electron chi connectivity index (χ3n) is 6.33. The molecule has 2 aromatic carbocycles. The van der Waals surface area contributed by atoms with Crippen LogP contribution in [0.2, 0.25) is 0 Å². The molecule has 0 aromatic heterocycles. The number of carbonyl (C=O) groups excluding carboxylic acids is 4. The van der Waals surface area contributed by atoms with Crippen molar-refractivity contribution in [1.29, 1.82) is 0 Å². The largest absolute Gasteiger partial charge is 0.444 e. The Kier molecular flexibility index (Phi) is 8.39. The lowest BCUT2D eigenvalue weighted by Gasteiger charge is -2.40. The highest BCUT2D eigenvalue weighted by Crippen LogP contribution is 2.22. The molecular weight excluding hydrogens is 502 g/mol. The molecule has 4 rings (SSSR count). The average molecular weight is 538 g/mol. The molecule has 2 saturated heterocycles. The van der Waals surface area contributed by atoms with E-state index in [0.717, 1.165) is 5.56 Å². The Morgan fingerprint density at radius 3 is 2.21 bits per heavy atom. The van der Waals surface area contributed by atoms with Crippen LogP contribution in [0.25, 0.3) is 0 Å². The van der Waals surface area contributed by atoms with E-state index in [0.29, 0.717) is 30.2 Å². The number of urea groups is 1. The molecular formula is C28H35N5O6. The number of amides is 5. The number of piperazine rings is 1. The number of rotatable bonds is 4. The summed E-state index contributed by atoms with van der Waals surface area (Å²) in [5.74, 6) is -0.574. The lowest BCUT2D eigenvalue weighted by molar-refractivity contribution is -0.125. The van der Waals surface area contributed by atoms with Gasteiger partial charge in [-0.25, -0.2) is 9.59 Å². The quantitative estimate of drug-likeness (QED) is 0.617. The van der Waals surface area contributed by atoms with Crippen LogP contribution in [0.5, 0.6) is 0 Å². The van der Waals surface area contributed by atoms with Gasteiger partial charge in [0.1, 0.15) is 18.2 Å². The first-order valence-corrected chi connectivity index (χ1v) is 12.9. The van der Waals surface area contributed by atoms with Crippen LogP contribution in [0.3, 0.4) is 0 Å². The van der Waals surface area contributed by atoms with Crippen molar-refractivity contribution in [3.05, 3.63) is 54.1 Å². The Morgan fingerprint density at radius 1 is 0.923 bits per heavy atom. The normalized spacial score (nSPS) is 18.0. The molecule has 0 aliphatic carbocycles. The molecule has 2 heterocycles. The van der Waals surface area contributed by atoms with Crippen molar-refractivity contribution >= 4 is 41.0 Å². The summed E-state index contributed by atoms with van der Waals surface area (Å²) in [4.78, 5) is 56.1. The minimum absolute atomic E-state index is 0.0254. The first-order chi connectivity index (χ1) is 18.5. The number of aryl methyl sites for hydroxylation is 1. The smallest absolute Gasteiger partial charge is 0.410 e. The summed E-state index contributed by atoms with van der Waals surface area (Å²) in [5, 5.41) is 5.69. The van der Waals surface area contributed by atoms with E-state index in [1.54, 1.807) is 62.1 Å². The molecule has 2 aliphatic heterocycles. The number of hydrogen-bond acceptors (Lipinski definition) is 6. The summed E-state index contributed by atoms with van der Waals surface area (Å²) >= 11 is 0. The molecule has 0 saturated carbocycles. The second-order valence-electron chi connectivity index (χ2n) is 10.6. The van der Waals surface area contributed by atoms with Gasteiger partial charge in [-0.05, 0) is 64.1 Å². The van der Waals surface area contributed by atoms with Crippen LogP contribution in [-0.4, -0.2) is 84.8 Å². The Balaban J connectivity index is 1.49. The first kappa shape index (κ1) is 27.9. The van der Waals surface area contributed by atoms with E-state index >= 15 is 0 Å². The lowest BCUT2D eigenvalue weighted by Crippen LogP contribution is -2.61. The molecule has 2 aromatic rings. The molecule has 0 radical (unpaired) electrons. The van der Waals surface area contributed by atoms with Crippen LogP contribution < -0.4 is 15.5 Å². The molecule has 2 fully saturated rings. The van der Waals surface area contributed by atoms with Crippen LogP contribution in [0.15, 0.2) is 48.5 Å². The maximum Gasteiger partial charge on any atom is 0.410 e. The lowest BCUT2D eigenvalue weighted by atomic mass is 10.1. The maximum atomic E-state index is 13.5. The molecule has 2 N–H and O–H groups in total. The van der Waals surface area contributed by atoms with Gasteiger partial charge < -0.3 is 34.8 Å². The van der Waals surface area contributed by atoms with Gasteiger partial charge in [-0.2, -0.15) is 0 Å². The van der Waals surface area contributed by atoms with Crippen LogP contribution in [0.1, 0.15) is 26.3 Å². The van der Waals surface area contributed by atoms with E-state index in [-0.39, 0.29) is 32.1 Å². The summed E-state index contributed by atoms with van der Waals surface area (Å²) < 4.78 is 10.7. The van der Waals surface area contributed by atoms with Crippen molar-refractivity contribution in [2.24, 2.45) is 0 Å². The van der Waals surface area contributed by atoms with Gasteiger partial charge in [0.05, 0.1) is 13.2 Å². The fraction of sp³-hybridized carbons (Fsp3) is 0.429. The fourth-order valence-corrected chi connectivity index (χ4v) is 4.32. The minimum atomic E-state index is -0.961. The second-order valence-corrected chi connectivity index (χ2v) is 10.6. The number of hydrogen-bond donors (Lipinski definition) is 2. The van der Waals surface area contributed by atoms with Gasteiger partial charge >= 0.3 is 12.1 Å². The summed E-state index contributed by atoms with van der Waals surface area (Å²) in [6.45, 7) is 8.57. The number of carbonyl (C=O) groups is 4. The third-order valence-corrected chi connectivity index (χ3v) is 6.33. The van der Waals surface area contributed by atoms with Gasteiger partial charge in [0, 0.05) is 36.7 Å². The summed E-state index contributed by atoms with van der Waals surface area (Å²) in [7, 11) is 0. The molecule has 1 atom stereocenters. The van der Waals surface area contributed by atoms with Gasteiger partial charge in [0.15, 0.2) is 0 Å². The zero-order chi connectivity index (χ0) is 28.2. The van der Waals surface area contributed by atoms with Gasteiger partial charge in [-0.15, -0.1) is 0 Å². The number of ether oxygens (including phenoxy) is 2. The zero-order valence-electron chi connectivity index (χ0n) is 22.7. The number of nitrogens with zero attached hydrogens (tertiary/aromatic N) is 3. The third kappa shape index (κ3) is 7.26. The number of benzene rings is 2. The van der Waals surface area contributed by atoms with Crippen molar-refractivity contribution in [2.45, 2.75) is 39.3 Å². The van der Waals surface area contributed by atoms with Crippen molar-refractivity contribution < 1.29 is 28.7 Å². The summed E-state index contributed by atoms with van der Waals surface area (Å²) in [6.07, 6.45) is -0.543. The SMILES string of the molecule is Cc1ccc(NC(=O)N2CCN(C(=O)OC(C)(C)C)CC2C(=O)Nc2ccc(N3CCOCC3=O)cc2)cc1. The number of morpholine rings is 1. The molecule has 1 unspecified atom stereocenters. The molecule has 208 valence electrons. The highest BCUT2D eigenvalue weighted by Gasteiger charge is 2.38. The van der Waals surface area contributed by atoms with E-state index in [1.807, 2.05) is 19.1 Å². The molecule has 11 heteroatoms. The molecule has 0 spiro atoms. The summed E-state index contributed by atoms with van der Waals surface area (Å²) in [5.41, 5.74) is 2.16. The average Bonchev–Trinajstić information content (AvgIpc) is 2.89. The maximum absolute atomic E-state index is 13.5. The highest BCUT2D eigenvalue weighted by atomic mass is 16.6. The highest BCUT2D eigenvalue weighted by molar-refractivity contribution is 6.00. The van der Waals surface area contributed by atoms with E-state index < -0.39 is 29.7 Å². The van der Waals surface area contributed by atoms with Crippen LogP contribution in [0.4, 0.5) is 26.7 Å². The minimum Gasteiger partial charge on any atom is -0.444 e. The number of anilines is 3. The van der Waals surface area contributed by atoms with Gasteiger partial charge in [-0.3, -0.25) is 9.59 Å². The molecule has 0 bridgehead atoms.